The van der Waals surface area contributed by atoms with Crippen molar-refractivity contribution in [2.45, 2.75) is 0 Å². The van der Waals surface area contributed by atoms with Crippen LogP contribution in [-0.2, 0) is 0 Å². The monoisotopic (exact) mass is 374 g/mol. The lowest BCUT2D eigenvalue weighted by atomic mass is 10.3. The molecule has 2 N–H and O–H groups in total. The average Bonchev–Trinajstić information content (AvgIpc) is 2.97. The molecule has 7 heteroatoms. The first-order valence-corrected chi connectivity index (χ1v) is 8.07. The van der Waals surface area contributed by atoms with Gasteiger partial charge in [0.1, 0.15) is 5.69 Å². The van der Waals surface area contributed by atoms with E-state index in [9.17, 15) is 4.79 Å². The normalized spacial score (nSPS) is 10.2. The Morgan fingerprint density at radius 2 is 2.05 bits per heavy atom. The Morgan fingerprint density at radius 1 is 1.18 bits per heavy atom. The summed E-state index contributed by atoms with van der Waals surface area (Å²) in [5.41, 5.74) is 1.92. The van der Waals surface area contributed by atoms with Crippen LogP contribution in [0.3, 0.4) is 0 Å². The summed E-state index contributed by atoms with van der Waals surface area (Å²) in [6.07, 6.45) is 3.40. The first-order valence-electron chi connectivity index (χ1n) is 6.40. The second-order valence-corrected chi connectivity index (χ2v) is 6.14. The number of hydrogen-bond acceptors (Lipinski definition) is 5. The summed E-state index contributed by atoms with van der Waals surface area (Å²) in [6.45, 7) is 0. The summed E-state index contributed by atoms with van der Waals surface area (Å²) in [6, 6.07) is 11.1. The van der Waals surface area contributed by atoms with Crippen LogP contribution >= 0.6 is 27.3 Å². The van der Waals surface area contributed by atoms with E-state index < -0.39 is 0 Å². The van der Waals surface area contributed by atoms with Gasteiger partial charge < -0.3 is 10.6 Å². The maximum Gasteiger partial charge on any atom is 0.275 e. The highest BCUT2D eigenvalue weighted by Gasteiger charge is 2.11. The van der Waals surface area contributed by atoms with Crippen molar-refractivity contribution >= 4 is 49.7 Å². The van der Waals surface area contributed by atoms with Crippen LogP contribution in [0.1, 0.15) is 10.5 Å². The number of hydrogen-bond donors (Lipinski definition) is 2. The standard InChI is InChI=1S/C15H11BrN4OS/c16-10-3-1-4-11(7-10)18-14(21)13-9-22-15(20-13)19-12-5-2-6-17-8-12/h1-9H,(H,18,21)(H,19,20). The Labute approximate surface area is 139 Å². The number of pyridine rings is 1. The zero-order valence-electron chi connectivity index (χ0n) is 11.3. The smallest absolute Gasteiger partial charge is 0.275 e. The zero-order chi connectivity index (χ0) is 15.4. The third-order valence-electron chi connectivity index (χ3n) is 2.73. The molecular formula is C15H11BrN4OS. The van der Waals surface area contributed by atoms with Gasteiger partial charge in [-0.2, -0.15) is 0 Å². The van der Waals surface area contributed by atoms with Crippen LogP contribution in [-0.4, -0.2) is 15.9 Å². The Balaban J connectivity index is 1.69. The van der Waals surface area contributed by atoms with Gasteiger partial charge >= 0.3 is 0 Å². The summed E-state index contributed by atoms with van der Waals surface area (Å²) in [5.74, 6) is -0.242. The minimum absolute atomic E-state index is 0.242. The van der Waals surface area contributed by atoms with Crippen LogP contribution in [0.2, 0.25) is 0 Å². The van der Waals surface area contributed by atoms with E-state index in [1.807, 2.05) is 36.4 Å². The highest BCUT2D eigenvalue weighted by atomic mass is 79.9. The molecule has 2 heterocycles. The van der Waals surface area contributed by atoms with E-state index in [-0.39, 0.29) is 5.91 Å². The molecule has 3 aromatic rings. The molecule has 110 valence electrons. The summed E-state index contributed by atoms with van der Waals surface area (Å²) in [4.78, 5) is 20.5. The number of thiazole rings is 1. The fourth-order valence-electron chi connectivity index (χ4n) is 1.76. The van der Waals surface area contributed by atoms with Gasteiger partial charge in [-0.25, -0.2) is 4.98 Å². The molecule has 0 saturated heterocycles. The third kappa shape index (κ3) is 3.69. The predicted octanol–water partition coefficient (Wildman–Crippen LogP) is 4.30. The lowest BCUT2D eigenvalue weighted by Crippen LogP contribution is -2.12. The molecule has 0 saturated carbocycles. The lowest BCUT2D eigenvalue weighted by molar-refractivity contribution is 0.102. The largest absolute Gasteiger partial charge is 0.330 e. The van der Waals surface area contributed by atoms with Crippen LogP contribution in [0.5, 0.6) is 0 Å². The van der Waals surface area contributed by atoms with Gasteiger partial charge in [-0.15, -0.1) is 11.3 Å². The molecule has 0 spiro atoms. The Kier molecular flexibility index (Phi) is 4.45. The molecule has 0 aliphatic heterocycles. The molecule has 2 aromatic heterocycles. The number of halogens is 1. The summed E-state index contributed by atoms with van der Waals surface area (Å²) < 4.78 is 0.905. The fraction of sp³-hybridized carbons (Fsp3) is 0. The van der Waals surface area contributed by atoms with Crippen LogP contribution < -0.4 is 10.6 Å². The van der Waals surface area contributed by atoms with E-state index in [1.165, 1.54) is 11.3 Å². The number of carbonyl (C=O) groups is 1. The van der Waals surface area contributed by atoms with Crippen LogP contribution in [0.25, 0.3) is 0 Å². The number of nitrogens with zero attached hydrogens (tertiary/aromatic N) is 2. The molecule has 5 nitrogen and oxygen atoms in total. The van der Waals surface area contributed by atoms with E-state index in [0.29, 0.717) is 16.5 Å². The topological polar surface area (TPSA) is 66.9 Å². The summed E-state index contributed by atoms with van der Waals surface area (Å²) in [7, 11) is 0. The second-order valence-electron chi connectivity index (χ2n) is 4.37. The van der Waals surface area contributed by atoms with Gasteiger partial charge in [0, 0.05) is 21.7 Å². The van der Waals surface area contributed by atoms with Crippen molar-refractivity contribution in [2.75, 3.05) is 10.6 Å². The van der Waals surface area contributed by atoms with Gasteiger partial charge in [0.15, 0.2) is 5.13 Å². The molecular weight excluding hydrogens is 364 g/mol. The fourth-order valence-corrected chi connectivity index (χ4v) is 2.87. The molecule has 1 amide bonds. The molecule has 1 aromatic carbocycles. The highest BCUT2D eigenvalue weighted by Crippen LogP contribution is 2.21. The second kappa shape index (κ2) is 6.67. The summed E-state index contributed by atoms with van der Waals surface area (Å²) >= 11 is 4.74. The Hall–Kier alpha value is -2.25. The van der Waals surface area contributed by atoms with Gasteiger partial charge in [0.05, 0.1) is 11.9 Å². The van der Waals surface area contributed by atoms with E-state index in [2.05, 4.69) is 36.5 Å². The van der Waals surface area contributed by atoms with E-state index in [0.717, 1.165) is 10.2 Å². The van der Waals surface area contributed by atoms with Crippen molar-refractivity contribution < 1.29 is 4.79 Å². The zero-order valence-corrected chi connectivity index (χ0v) is 13.7. The van der Waals surface area contributed by atoms with Crippen LogP contribution in [0, 0.1) is 0 Å². The minimum Gasteiger partial charge on any atom is -0.330 e. The number of amides is 1. The van der Waals surface area contributed by atoms with Crippen molar-refractivity contribution in [1.29, 1.82) is 0 Å². The van der Waals surface area contributed by atoms with Gasteiger partial charge in [-0.1, -0.05) is 22.0 Å². The molecule has 3 rings (SSSR count). The van der Waals surface area contributed by atoms with Crippen LogP contribution in [0.4, 0.5) is 16.5 Å². The van der Waals surface area contributed by atoms with Crippen molar-refractivity contribution in [3.05, 3.63) is 64.3 Å². The molecule has 0 fully saturated rings. The number of anilines is 3. The quantitative estimate of drug-likeness (QED) is 0.714. The molecule has 0 radical (unpaired) electrons. The Morgan fingerprint density at radius 3 is 2.82 bits per heavy atom. The highest BCUT2D eigenvalue weighted by molar-refractivity contribution is 9.10. The van der Waals surface area contributed by atoms with Gasteiger partial charge in [-0.05, 0) is 30.3 Å². The molecule has 0 aliphatic rings. The summed E-state index contributed by atoms with van der Waals surface area (Å²) in [5, 5.41) is 8.28. The lowest BCUT2D eigenvalue weighted by Gasteiger charge is -2.03. The van der Waals surface area contributed by atoms with E-state index >= 15 is 0 Å². The SMILES string of the molecule is O=C(Nc1cccc(Br)c1)c1csc(Nc2cccnc2)n1. The molecule has 0 unspecified atom stereocenters. The van der Waals surface area contributed by atoms with Crippen molar-refractivity contribution in [3.8, 4) is 0 Å². The third-order valence-corrected chi connectivity index (χ3v) is 3.98. The number of aromatic nitrogens is 2. The van der Waals surface area contributed by atoms with Crippen molar-refractivity contribution in [3.63, 3.8) is 0 Å². The van der Waals surface area contributed by atoms with Crippen molar-refractivity contribution in [1.82, 2.24) is 9.97 Å². The first-order chi connectivity index (χ1) is 10.7. The maximum absolute atomic E-state index is 12.2. The Bertz CT molecular complexity index is 791. The van der Waals surface area contributed by atoms with Gasteiger partial charge in [-0.3, -0.25) is 9.78 Å². The number of rotatable bonds is 4. The van der Waals surface area contributed by atoms with Gasteiger partial charge in [0.25, 0.3) is 5.91 Å². The van der Waals surface area contributed by atoms with E-state index in [1.54, 1.807) is 17.8 Å². The maximum atomic E-state index is 12.2. The average molecular weight is 375 g/mol. The first kappa shape index (κ1) is 14.7. The number of carbonyl (C=O) groups excluding carboxylic acids is 1. The number of nitrogens with one attached hydrogen (secondary N) is 2. The molecule has 0 atom stereocenters. The van der Waals surface area contributed by atoms with Crippen LogP contribution in [0.15, 0.2) is 58.6 Å². The molecule has 22 heavy (non-hydrogen) atoms. The predicted molar refractivity (Wildman–Crippen MR) is 91.7 cm³/mol. The minimum atomic E-state index is -0.242. The molecule has 0 aliphatic carbocycles. The molecule has 0 bridgehead atoms. The van der Waals surface area contributed by atoms with E-state index in [4.69, 9.17) is 0 Å². The van der Waals surface area contributed by atoms with Gasteiger partial charge in [0.2, 0.25) is 0 Å². The number of benzene rings is 1. The van der Waals surface area contributed by atoms with Crippen molar-refractivity contribution in [2.24, 2.45) is 0 Å².